The molecule has 5 heteroatoms. The Bertz CT molecular complexity index is 614. The molecule has 88 valence electrons. The first kappa shape index (κ1) is 11.2. The van der Waals surface area contributed by atoms with Gasteiger partial charge in [0, 0.05) is 5.69 Å². The number of anilines is 1. The van der Waals surface area contributed by atoms with Crippen molar-refractivity contribution in [3.05, 3.63) is 62.4 Å². The van der Waals surface area contributed by atoms with Crippen molar-refractivity contribution >= 4 is 5.69 Å². The first-order valence-corrected chi connectivity index (χ1v) is 5.31. The molecule has 0 saturated carbocycles. The number of nitrogens with two attached hydrogens (primary N) is 1. The SMILES string of the molecule is Nc1c(CCc2ccccc2)[nH]c(=O)[nH]c1=O. The maximum Gasteiger partial charge on any atom is 0.326 e. The summed E-state index contributed by atoms with van der Waals surface area (Å²) in [5, 5.41) is 0. The van der Waals surface area contributed by atoms with Crippen LogP contribution >= 0.6 is 0 Å². The number of nitrogens with one attached hydrogen (secondary N) is 2. The van der Waals surface area contributed by atoms with Crippen molar-refractivity contribution in [3.63, 3.8) is 0 Å². The van der Waals surface area contributed by atoms with Crippen molar-refractivity contribution in [1.82, 2.24) is 9.97 Å². The number of aryl methyl sites for hydroxylation is 2. The summed E-state index contributed by atoms with van der Waals surface area (Å²) in [5.41, 5.74) is 6.25. The van der Waals surface area contributed by atoms with Gasteiger partial charge in [0.1, 0.15) is 5.69 Å². The third-order valence-electron chi connectivity index (χ3n) is 2.57. The van der Waals surface area contributed by atoms with Crippen LogP contribution in [0.3, 0.4) is 0 Å². The highest BCUT2D eigenvalue weighted by molar-refractivity contribution is 5.39. The lowest BCUT2D eigenvalue weighted by atomic mass is 10.1. The largest absolute Gasteiger partial charge is 0.393 e. The highest BCUT2D eigenvalue weighted by Crippen LogP contribution is 2.06. The lowest BCUT2D eigenvalue weighted by Gasteiger charge is -2.04. The molecule has 0 aliphatic rings. The summed E-state index contributed by atoms with van der Waals surface area (Å²) < 4.78 is 0. The second kappa shape index (κ2) is 4.69. The molecular formula is C12H13N3O2. The molecule has 2 aromatic rings. The van der Waals surface area contributed by atoms with Crippen molar-refractivity contribution in [2.24, 2.45) is 0 Å². The first-order chi connectivity index (χ1) is 8.16. The van der Waals surface area contributed by atoms with Crippen LogP contribution in [0.1, 0.15) is 11.3 Å². The van der Waals surface area contributed by atoms with Crippen LogP contribution < -0.4 is 17.0 Å². The molecule has 0 radical (unpaired) electrons. The Kier molecular flexibility index (Phi) is 3.09. The number of rotatable bonds is 3. The number of hydrogen-bond donors (Lipinski definition) is 3. The molecular weight excluding hydrogens is 218 g/mol. The maximum absolute atomic E-state index is 11.3. The van der Waals surface area contributed by atoms with Crippen LogP contribution in [0, 0.1) is 0 Å². The third kappa shape index (κ3) is 2.63. The lowest BCUT2D eigenvalue weighted by Crippen LogP contribution is -2.27. The van der Waals surface area contributed by atoms with Gasteiger partial charge in [0.15, 0.2) is 0 Å². The minimum absolute atomic E-state index is 0.0838. The molecule has 0 saturated heterocycles. The molecule has 1 aromatic carbocycles. The summed E-state index contributed by atoms with van der Waals surface area (Å²) in [6, 6.07) is 9.80. The molecule has 0 aliphatic heterocycles. The fourth-order valence-electron chi connectivity index (χ4n) is 1.65. The highest BCUT2D eigenvalue weighted by atomic mass is 16.2. The summed E-state index contributed by atoms with van der Waals surface area (Å²) >= 11 is 0. The van der Waals surface area contributed by atoms with Crippen LogP contribution in [0.25, 0.3) is 0 Å². The summed E-state index contributed by atoms with van der Waals surface area (Å²) in [4.78, 5) is 27.0. The molecule has 4 N–H and O–H groups in total. The van der Waals surface area contributed by atoms with Gasteiger partial charge >= 0.3 is 5.69 Å². The number of H-pyrrole nitrogens is 2. The Morgan fingerprint density at radius 2 is 1.71 bits per heavy atom. The zero-order valence-corrected chi connectivity index (χ0v) is 9.19. The zero-order valence-electron chi connectivity index (χ0n) is 9.19. The molecule has 5 nitrogen and oxygen atoms in total. The standard InChI is InChI=1S/C12H13N3O2/c13-10-9(14-12(17)15-11(10)16)7-6-8-4-2-1-3-5-8/h1-5H,6-7,13H2,(H2,14,15,16,17). The molecule has 1 aromatic heterocycles. The van der Waals surface area contributed by atoms with E-state index in [9.17, 15) is 9.59 Å². The predicted octanol–water partition coefficient (Wildman–Crippen LogP) is 0.431. The average molecular weight is 231 g/mol. The molecule has 2 rings (SSSR count). The van der Waals surface area contributed by atoms with E-state index in [1.54, 1.807) is 0 Å². The van der Waals surface area contributed by atoms with E-state index in [1.165, 1.54) is 0 Å². The molecule has 0 fully saturated rings. The van der Waals surface area contributed by atoms with E-state index >= 15 is 0 Å². The number of aromatic nitrogens is 2. The molecule has 0 bridgehead atoms. The van der Waals surface area contributed by atoms with Gasteiger partial charge in [0.2, 0.25) is 0 Å². The number of nitrogen functional groups attached to an aromatic ring is 1. The van der Waals surface area contributed by atoms with Crippen LogP contribution in [-0.4, -0.2) is 9.97 Å². The van der Waals surface area contributed by atoms with Gasteiger partial charge in [0.05, 0.1) is 0 Å². The maximum atomic E-state index is 11.3. The Labute approximate surface area is 97.3 Å². The van der Waals surface area contributed by atoms with E-state index < -0.39 is 11.2 Å². The molecule has 1 heterocycles. The zero-order chi connectivity index (χ0) is 12.3. The van der Waals surface area contributed by atoms with Crippen LogP contribution in [-0.2, 0) is 12.8 Å². The summed E-state index contributed by atoms with van der Waals surface area (Å²) in [6.07, 6.45) is 1.26. The normalized spacial score (nSPS) is 10.4. The number of aromatic amines is 2. The van der Waals surface area contributed by atoms with E-state index in [0.717, 1.165) is 12.0 Å². The van der Waals surface area contributed by atoms with Crippen LogP contribution in [0.2, 0.25) is 0 Å². The van der Waals surface area contributed by atoms with E-state index in [1.807, 2.05) is 30.3 Å². The van der Waals surface area contributed by atoms with Gasteiger partial charge in [-0.3, -0.25) is 9.78 Å². The van der Waals surface area contributed by atoms with Gasteiger partial charge < -0.3 is 10.7 Å². The number of benzene rings is 1. The van der Waals surface area contributed by atoms with Crippen molar-refractivity contribution in [1.29, 1.82) is 0 Å². The van der Waals surface area contributed by atoms with Gasteiger partial charge in [0.25, 0.3) is 5.56 Å². The van der Waals surface area contributed by atoms with E-state index in [2.05, 4.69) is 9.97 Å². The van der Waals surface area contributed by atoms with Crippen molar-refractivity contribution < 1.29 is 0 Å². The number of hydrogen-bond acceptors (Lipinski definition) is 3. The first-order valence-electron chi connectivity index (χ1n) is 5.31. The van der Waals surface area contributed by atoms with Gasteiger partial charge in [-0.2, -0.15) is 0 Å². The van der Waals surface area contributed by atoms with Gasteiger partial charge in [-0.15, -0.1) is 0 Å². The highest BCUT2D eigenvalue weighted by Gasteiger charge is 2.05. The van der Waals surface area contributed by atoms with E-state index in [-0.39, 0.29) is 5.69 Å². The Hall–Kier alpha value is -2.30. The summed E-state index contributed by atoms with van der Waals surface area (Å²) in [7, 11) is 0. The van der Waals surface area contributed by atoms with E-state index in [0.29, 0.717) is 12.1 Å². The quantitative estimate of drug-likeness (QED) is 0.715. The average Bonchev–Trinajstić information content (AvgIpc) is 2.33. The fraction of sp³-hybridized carbons (Fsp3) is 0.167. The third-order valence-corrected chi connectivity index (χ3v) is 2.57. The van der Waals surface area contributed by atoms with Crippen LogP contribution in [0.4, 0.5) is 5.69 Å². The van der Waals surface area contributed by atoms with Crippen LogP contribution in [0.15, 0.2) is 39.9 Å². The lowest BCUT2D eigenvalue weighted by molar-refractivity contribution is 0.877. The van der Waals surface area contributed by atoms with Crippen LogP contribution in [0.5, 0.6) is 0 Å². The van der Waals surface area contributed by atoms with Gasteiger partial charge in [-0.1, -0.05) is 30.3 Å². The molecule has 0 amide bonds. The molecule has 0 unspecified atom stereocenters. The van der Waals surface area contributed by atoms with Gasteiger partial charge in [-0.05, 0) is 18.4 Å². The smallest absolute Gasteiger partial charge is 0.326 e. The monoisotopic (exact) mass is 231 g/mol. The Morgan fingerprint density at radius 1 is 1.00 bits per heavy atom. The molecule has 17 heavy (non-hydrogen) atoms. The predicted molar refractivity (Wildman–Crippen MR) is 65.9 cm³/mol. The Balaban J connectivity index is 2.20. The van der Waals surface area contributed by atoms with E-state index in [4.69, 9.17) is 5.73 Å². The molecule has 0 atom stereocenters. The summed E-state index contributed by atoms with van der Waals surface area (Å²) in [6.45, 7) is 0. The molecule has 0 spiro atoms. The fourth-order valence-corrected chi connectivity index (χ4v) is 1.65. The minimum atomic E-state index is -0.531. The second-order valence-corrected chi connectivity index (χ2v) is 3.79. The van der Waals surface area contributed by atoms with Gasteiger partial charge in [-0.25, -0.2) is 4.79 Å². The molecule has 0 aliphatic carbocycles. The summed E-state index contributed by atoms with van der Waals surface area (Å²) in [5.74, 6) is 0. The Morgan fingerprint density at radius 3 is 2.41 bits per heavy atom. The topological polar surface area (TPSA) is 91.7 Å². The minimum Gasteiger partial charge on any atom is -0.393 e. The van der Waals surface area contributed by atoms with Crippen molar-refractivity contribution in [2.75, 3.05) is 5.73 Å². The second-order valence-electron chi connectivity index (χ2n) is 3.79. The van der Waals surface area contributed by atoms with Crippen molar-refractivity contribution in [2.45, 2.75) is 12.8 Å². The van der Waals surface area contributed by atoms with Crippen molar-refractivity contribution in [3.8, 4) is 0 Å².